The van der Waals surface area contributed by atoms with Crippen molar-refractivity contribution in [3.8, 4) is 0 Å². The fourth-order valence-electron chi connectivity index (χ4n) is 3.20. The first kappa shape index (κ1) is 16.6. The summed E-state index contributed by atoms with van der Waals surface area (Å²) in [5.41, 5.74) is 2.07. The molecule has 1 saturated heterocycles. The molecular weight excluding hydrogens is 306 g/mol. The van der Waals surface area contributed by atoms with E-state index >= 15 is 0 Å². The molecule has 2 unspecified atom stereocenters. The summed E-state index contributed by atoms with van der Waals surface area (Å²) in [5.74, 6) is -0.0140. The van der Waals surface area contributed by atoms with Crippen molar-refractivity contribution in [1.82, 2.24) is 14.9 Å². The molecule has 0 bridgehead atoms. The number of aromatic nitrogens is 2. The number of hydrogen-bond acceptors (Lipinski definition) is 4. The molecule has 2 atom stereocenters. The Morgan fingerprint density at radius 1 is 1.42 bits per heavy atom. The number of para-hydroxylation sites is 2. The van der Waals surface area contributed by atoms with E-state index < -0.39 is 0 Å². The highest BCUT2D eigenvalue weighted by Crippen LogP contribution is 2.20. The third kappa shape index (κ3) is 3.33. The number of hydrogen-bond donors (Lipinski definition) is 1. The molecule has 0 saturated carbocycles. The van der Waals surface area contributed by atoms with E-state index in [-0.39, 0.29) is 23.5 Å². The summed E-state index contributed by atoms with van der Waals surface area (Å²) in [4.78, 5) is 28.8. The number of rotatable bonds is 5. The molecule has 2 aromatic rings. The largest absolute Gasteiger partial charge is 0.378 e. The first-order valence-corrected chi connectivity index (χ1v) is 8.43. The minimum Gasteiger partial charge on any atom is -0.378 e. The Morgan fingerprint density at radius 3 is 2.96 bits per heavy atom. The first-order chi connectivity index (χ1) is 11.6. The van der Waals surface area contributed by atoms with Gasteiger partial charge in [-0.15, -0.1) is 0 Å². The maximum Gasteiger partial charge on any atom is 0.272 e. The molecule has 0 spiro atoms. The van der Waals surface area contributed by atoms with Gasteiger partial charge >= 0.3 is 0 Å². The van der Waals surface area contributed by atoms with Gasteiger partial charge in [0.05, 0.1) is 23.1 Å². The summed E-state index contributed by atoms with van der Waals surface area (Å²) in [6, 6.07) is 7.62. The van der Waals surface area contributed by atoms with Gasteiger partial charge in [0.2, 0.25) is 5.91 Å². The van der Waals surface area contributed by atoms with E-state index in [0.29, 0.717) is 31.8 Å². The molecule has 3 rings (SSSR count). The van der Waals surface area contributed by atoms with Crippen molar-refractivity contribution in [2.24, 2.45) is 5.92 Å². The van der Waals surface area contributed by atoms with Gasteiger partial charge in [0.1, 0.15) is 5.69 Å². The van der Waals surface area contributed by atoms with E-state index in [2.05, 4.69) is 10.3 Å². The molecule has 128 valence electrons. The van der Waals surface area contributed by atoms with E-state index in [1.165, 1.54) is 0 Å². The van der Waals surface area contributed by atoms with Crippen LogP contribution in [0.3, 0.4) is 0 Å². The van der Waals surface area contributed by atoms with E-state index in [0.717, 1.165) is 17.5 Å². The van der Waals surface area contributed by atoms with Crippen LogP contribution in [0.1, 0.15) is 25.5 Å². The summed E-state index contributed by atoms with van der Waals surface area (Å²) < 4.78 is 7.17. The van der Waals surface area contributed by atoms with E-state index in [4.69, 9.17) is 4.74 Å². The van der Waals surface area contributed by atoms with Crippen molar-refractivity contribution in [2.45, 2.75) is 39.3 Å². The number of nitrogens with one attached hydrogen (secondary N) is 1. The van der Waals surface area contributed by atoms with Gasteiger partial charge < -0.3 is 14.6 Å². The van der Waals surface area contributed by atoms with Gasteiger partial charge in [-0.25, -0.2) is 4.98 Å². The number of nitrogens with zero attached hydrogens (tertiary/aromatic N) is 2. The monoisotopic (exact) mass is 329 g/mol. The highest BCUT2D eigenvalue weighted by Gasteiger charge is 2.30. The molecule has 1 amide bonds. The molecule has 6 heteroatoms. The van der Waals surface area contributed by atoms with Gasteiger partial charge in [-0.05, 0) is 38.8 Å². The van der Waals surface area contributed by atoms with Crippen LogP contribution in [0.15, 0.2) is 29.1 Å². The zero-order chi connectivity index (χ0) is 17.1. The summed E-state index contributed by atoms with van der Waals surface area (Å²) >= 11 is 0. The van der Waals surface area contributed by atoms with Gasteiger partial charge in [-0.2, -0.15) is 0 Å². The maximum atomic E-state index is 12.4. The van der Waals surface area contributed by atoms with Crippen LogP contribution < -0.4 is 10.9 Å². The minimum absolute atomic E-state index is 0.0144. The van der Waals surface area contributed by atoms with Gasteiger partial charge in [0.25, 0.3) is 5.56 Å². The standard InChI is InChI=1S/C18H23N3O3/c1-12-18(23)21(16-7-4-3-6-15(16)20-12)10-5-9-19-17(22)14-8-11-24-13(14)2/h3-4,6-7,13-14H,5,8-11H2,1-2H3,(H,19,22). The quantitative estimate of drug-likeness (QED) is 0.846. The zero-order valence-corrected chi connectivity index (χ0v) is 14.1. The second-order valence-corrected chi connectivity index (χ2v) is 6.26. The Bertz CT molecular complexity index is 800. The third-order valence-electron chi connectivity index (χ3n) is 4.59. The normalized spacial score (nSPS) is 20.4. The van der Waals surface area contributed by atoms with Crippen LogP contribution in [0.2, 0.25) is 0 Å². The SMILES string of the molecule is Cc1nc2ccccc2n(CCCNC(=O)C2CCOC2C)c1=O. The van der Waals surface area contributed by atoms with Gasteiger partial charge in [0, 0.05) is 19.7 Å². The second kappa shape index (κ2) is 7.13. The first-order valence-electron chi connectivity index (χ1n) is 8.43. The molecule has 1 aromatic carbocycles. The Labute approximate surface area is 140 Å². The second-order valence-electron chi connectivity index (χ2n) is 6.26. The molecule has 1 aliphatic heterocycles. The Hall–Kier alpha value is -2.21. The highest BCUT2D eigenvalue weighted by atomic mass is 16.5. The molecule has 1 aromatic heterocycles. The molecule has 2 heterocycles. The Morgan fingerprint density at radius 2 is 2.21 bits per heavy atom. The van der Waals surface area contributed by atoms with Gasteiger partial charge in [0.15, 0.2) is 0 Å². The molecule has 6 nitrogen and oxygen atoms in total. The van der Waals surface area contributed by atoms with Crippen molar-refractivity contribution >= 4 is 16.9 Å². The molecular formula is C18H23N3O3. The van der Waals surface area contributed by atoms with E-state index in [1.54, 1.807) is 11.5 Å². The van der Waals surface area contributed by atoms with Crippen molar-refractivity contribution < 1.29 is 9.53 Å². The number of carbonyl (C=O) groups excluding carboxylic acids is 1. The number of amides is 1. The van der Waals surface area contributed by atoms with Crippen molar-refractivity contribution in [2.75, 3.05) is 13.2 Å². The Balaban J connectivity index is 1.63. The van der Waals surface area contributed by atoms with Gasteiger partial charge in [-0.3, -0.25) is 9.59 Å². The summed E-state index contributed by atoms with van der Waals surface area (Å²) in [7, 11) is 0. The molecule has 0 aliphatic carbocycles. The van der Waals surface area contributed by atoms with E-state index in [1.807, 2.05) is 31.2 Å². The van der Waals surface area contributed by atoms with Crippen LogP contribution in [0.25, 0.3) is 11.0 Å². The molecule has 0 radical (unpaired) electrons. The number of ether oxygens (including phenoxy) is 1. The molecule has 24 heavy (non-hydrogen) atoms. The Kier molecular flexibility index (Phi) is 4.94. The number of fused-ring (bicyclic) bond motifs is 1. The van der Waals surface area contributed by atoms with Gasteiger partial charge in [-0.1, -0.05) is 12.1 Å². The van der Waals surface area contributed by atoms with Crippen molar-refractivity contribution in [3.05, 3.63) is 40.3 Å². The number of carbonyl (C=O) groups is 1. The highest BCUT2D eigenvalue weighted by molar-refractivity contribution is 5.79. The molecule has 1 N–H and O–H groups in total. The minimum atomic E-state index is -0.0714. The topological polar surface area (TPSA) is 73.2 Å². The third-order valence-corrected chi connectivity index (χ3v) is 4.59. The summed E-state index contributed by atoms with van der Waals surface area (Å²) in [6.07, 6.45) is 1.46. The summed E-state index contributed by atoms with van der Waals surface area (Å²) in [6.45, 7) is 5.41. The number of benzene rings is 1. The molecule has 1 fully saturated rings. The zero-order valence-electron chi connectivity index (χ0n) is 14.1. The lowest BCUT2D eigenvalue weighted by molar-refractivity contribution is -0.126. The molecule has 1 aliphatic rings. The smallest absolute Gasteiger partial charge is 0.272 e. The van der Waals surface area contributed by atoms with Crippen LogP contribution in [0, 0.1) is 12.8 Å². The lowest BCUT2D eigenvalue weighted by Gasteiger charge is -2.15. The predicted octanol–water partition coefficient (Wildman–Crippen LogP) is 1.64. The van der Waals surface area contributed by atoms with E-state index in [9.17, 15) is 9.59 Å². The maximum absolute atomic E-state index is 12.4. The van der Waals surface area contributed by atoms with Crippen LogP contribution in [-0.4, -0.2) is 34.7 Å². The fraction of sp³-hybridized carbons (Fsp3) is 0.500. The average molecular weight is 329 g/mol. The lowest BCUT2D eigenvalue weighted by atomic mass is 10.0. The predicted molar refractivity (Wildman–Crippen MR) is 91.9 cm³/mol. The van der Waals surface area contributed by atoms with Crippen molar-refractivity contribution in [1.29, 1.82) is 0 Å². The van der Waals surface area contributed by atoms with Crippen LogP contribution >= 0.6 is 0 Å². The van der Waals surface area contributed by atoms with Crippen LogP contribution in [-0.2, 0) is 16.1 Å². The summed E-state index contributed by atoms with van der Waals surface area (Å²) in [5, 5.41) is 2.96. The van der Waals surface area contributed by atoms with Crippen molar-refractivity contribution in [3.63, 3.8) is 0 Å². The van der Waals surface area contributed by atoms with Crippen LogP contribution in [0.4, 0.5) is 0 Å². The fourth-order valence-corrected chi connectivity index (χ4v) is 3.20. The lowest BCUT2D eigenvalue weighted by Crippen LogP contribution is -2.35. The average Bonchev–Trinajstić information content (AvgIpc) is 3.00. The van der Waals surface area contributed by atoms with Crippen LogP contribution in [0.5, 0.6) is 0 Å². The number of aryl methyl sites for hydroxylation is 2.